The molecule has 0 saturated heterocycles. The van der Waals surface area contributed by atoms with Crippen LogP contribution >= 0.6 is 0 Å². The van der Waals surface area contributed by atoms with Crippen molar-refractivity contribution < 1.29 is 14.7 Å². The number of carboxylic acids is 1. The normalized spacial score (nSPS) is 17.4. The van der Waals surface area contributed by atoms with Gasteiger partial charge in [0.15, 0.2) is 0 Å². The SMILES string of the molecule is O=C(NCc1ncc[nH]1)NCC1(C(=O)O)CCCCC1. The van der Waals surface area contributed by atoms with Gasteiger partial charge >= 0.3 is 12.0 Å². The first-order valence-electron chi connectivity index (χ1n) is 6.86. The zero-order valence-corrected chi connectivity index (χ0v) is 11.3. The molecule has 0 aromatic carbocycles. The molecule has 20 heavy (non-hydrogen) atoms. The molecular weight excluding hydrogens is 260 g/mol. The van der Waals surface area contributed by atoms with Crippen molar-refractivity contribution in [3.8, 4) is 0 Å². The van der Waals surface area contributed by atoms with E-state index in [1.807, 2.05) is 0 Å². The number of nitrogens with zero attached hydrogens (tertiary/aromatic N) is 1. The standard InChI is InChI=1S/C13H20N4O3/c18-11(19)13(4-2-1-3-5-13)9-17-12(20)16-8-10-14-6-7-15-10/h6-7H,1-5,8-9H2,(H,14,15)(H,18,19)(H2,16,17,20). The maximum Gasteiger partial charge on any atom is 0.315 e. The second-order valence-electron chi connectivity index (χ2n) is 5.22. The third kappa shape index (κ3) is 3.49. The van der Waals surface area contributed by atoms with Crippen molar-refractivity contribution in [2.75, 3.05) is 6.54 Å². The predicted octanol–water partition coefficient (Wildman–Crippen LogP) is 1.24. The third-order valence-corrected chi connectivity index (χ3v) is 3.82. The fourth-order valence-electron chi connectivity index (χ4n) is 2.57. The van der Waals surface area contributed by atoms with Gasteiger partial charge in [-0.15, -0.1) is 0 Å². The molecule has 1 heterocycles. The van der Waals surface area contributed by atoms with Gasteiger partial charge < -0.3 is 20.7 Å². The highest BCUT2D eigenvalue weighted by atomic mass is 16.4. The van der Waals surface area contributed by atoms with Gasteiger partial charge in [-0.1, -0.05) is 19.3 Å². The van der Waals surface area contributed by atoms with Crippen LogP contribution in [0.4, 0.5) is 4.79 Å². The highest BCUT2D eigenvalue weighted by Gasteiger charge is 2.39. The highest BCUT2D eigenvalue weighted by Crippen LogP contribution is 2.35. The number of imidazole rings is 1. The van der Waals surface area contributed by atoms with E-state index in [0.29, 0.717) is 25.2 Å². The zero-order valence-electron chi connectivity index (χ0n) is 11.3. The van der Waals surface area contributed by atoms with Crippen molar-refractivity contribution in [1.29, 1.82) is 0 Å². The summed E-state index contributed by atoms with van der Waals surface area (Å²) in [6, 6.07) is -0.368. The molecule has 7 nitrogen and oxygen atoms in total. The van der Waals surface area contributed by atoms with E-state index in [1.165, 1.54) is 0 Å². The Labute approximate surface area is 117 Å². The molecule has 7 heteroatoms. The Morgan fingerprint density at radius 1 is 1.30 bits per heavy atom. The molecule has 0 bridgehead atoms. The molecule has 1 saturated carbocycles. The molecule has 1 fully saturated rings. The van der Waals surface area contributed by atoms with Crippen molar-refractivity contribution in [2.24, 2.45) is 5.41 Å². The Morgan fingerprint density at radius 3 is 2.65 bits per heavy atom. The minimum atomic E-state index is -0.816. The van der Waals surface area contributed by atoms with Crippen LogP contribution in [0.2, 0.25) is 0 Å². The van der Waals surface area contributed by atoms with Gasteiger partial charge in [0.1, 0.15) is 5.82 Å². The second kappa shape index (κ2) is 6.40. The smallest absolute Gasteiger partial charge is 0.315 e. The number of carboxylic acid groups (broad SMARTS) is 1. The molecule has 0 atom stereocenters. The van der Waals surface area contributed by atoms with Crippen LogP contribution in [0.15, 0.2) is 12.4 Å². The summed E-state index contributed by atoms with van der Waals surface area (Å²) in [5, 5.41) is 14.7. The van der Waals surface area contributed by atoms with Crippen LogP contribution in [0.1, 0.15) is 37.9 Å². The fourth-order valence-corrected chi connectivity index (χ4v) is 2.57. The molecule has 0 unspecified atom stereocenters. The van der Waals surface area contributed by atoms with Gasteiger partial charge in [-0.05, 0) is 12.8 Å². The van der Waals surface area contributed by atoms with Crippen LogP contribution in [-0.2, 0) is 11.3 Å². The first kappa shape index (κ1) is 14.4. The van der Waals surface area contributed by atoms with Gasteiger partial charge in [-0.25, -0.2) is 9.78 Å². The summed E-state index contributed by atoms with van der Waals surface area (Å²) in [5.74, 6) is -0.158. The number of rotatable bonds is 5. The monoisotopic (exact) mass is 280 g/mol. The van der Waals surface area contributed by atoms with E-state index < -0.39 is 11.4 Å². The fraction of sp³-hybridized carbons (Fsp3) is 0.615. The predicted molar refractivity (Wildman–Crippen MR) is 72.0 cm³/mol. The lowest BCUT2D eigenvalue weighted by atomic mass is 9.74. The van der Waals surface area contributed by atoms with Gasteiger partial charge in [-0.3, -0.25) is 4.79 Å². The largest absolute Gasteiger partial charge is 0.481 e. The molecule has 0 radical (unpaired) electrons. The summed E-state index contributed by atoms with van der Waals surface area (Å²) in [4.78, 5) is 30.0. The number of carbonyl (C=O) groups is 2. The summed E-state index contributed by atoms with van der Waals surface area (Å²) < 4.78 is 0. The molecule has 1 aliphatic rings. The van der Waals surface area contributed by atoms with Crippen LogP contribution in [-0.4, -0.2) is 33.6 Å². The number of hydrogen-bond donors (Lipinski definition) is 4. The molecule has 1 aromatic heterocycles. The number of aromatic amines is 1. The van der Waals surface area contributed by atoms with Crippen molar-refractivity contribution in [1.82, 2.24) is 20.6 Å². The quantitative estimate of drug-likeness (QED) is 0.651. The topological polar surface area (TPSA) is 107 Å². The van der Waals surface area contributed by atoms with E-state index in [4.69, 9.17) is 0 Å². The highest BCUT2D eigenvalue weighted by molar-refractivity contribution is 5.78. The molecule has 4 N–H and O–H groups in total. The first-order valence-corrected chi connectivity index (χ1v) is 6.86. The number of aliphatic carboxylic acids is 1. The van der Waals surface area contributed by atoms with Crippen molar-refractivity contribution in [3.63, 3.8) is 0 Å². The molecule has 1 aromatic rings. The Bertz CT molecular complexity index is 452. The van der Waals surface area contributed by atoms with Crippen LogP contribution in [0.3, 0.4) is 0 Å². The molecule has 2 rings (SSSR count). The number of nitrogens with one attached hydrogen (secondary N) is 3. The molecule has 0 aliphatic heterocycles. The third-order valence-electron chi connectivity index (χ3n) is 3.82. The Kier molecular flexibility index (Phi) is 4.60. The molecule has 1 aliphatic carbocycles. The van der Waals surface area contributed by atoms with Gasteiger partial charge in [0.25, 0.3) is 0 Å². The van der Waals surface area contributed by atoms with E-state index >= 15 is 0 Å². The summed E-state index contributed by atoms with van der Waals surface area (Å²) in [5.41, 5.74) is -0.805. The van der Waals surface area contributed by atoms with E-state index in [-0.39, 0.29) is 12.6 Å². The lowest BCUT2D eigenvalue weighted by Crippen LogP contribution is -2.47. The van der Waals surface area contributed by atoms with Gasteiger partial charge in [0.05, 0.1) is 12.0 Å². The van der Waals surface area contributed by atoms with Crippen molar-refractivity contribution >= 4 is 12.0 Å². The van der Waals surface area contributed by atoms with E-state index in [1.54, 1.807) is 12.4 Å². The minimum Gasteiger partial charge on any atom is -0.481 e. The number of amides is 2. The summed E-state index contributed by atoms with van der Waals surface area (Å²) in [6.45, 7) is 0.464. The minimum absolute atomic E-state index is 0.173. The zero-order chi connectivity index (χ0) is 14.4. The number of aromatic nitrogens is 2. The van der Waals surface area contributed by atoms with Crippen LogP contribution in [0.5, 0.6) is 0 Å². The van der Waals surface area contributed by atoms with E-state index in [2.05, 4.69) is 20.6 Å². The summed E-state index contributed by atoms with van der Waals surface area (Å²) >= 11 is 0. The number of urea groups is 1. The molecule has 2 amide bonds. The number of H-pyrrole nitrogens is 1. The van der Waals surface area contributed by atoms with Crippen molar-refractivity contribution in [2.45, 2.75) is 38.6 Å². The maximum atomic E-state index is 11.7. The van der Waals surface area contributed by atoms with Crippen LogP contribution in [0.25, 0.3) is 0 Å². The van der Waals surface area contributed by atoms with E-state index in [0.717, 1.165) is 19.3 Å². The molecule has 0 spiro atoms. The lowest BCUT2D eigenvalue weighted by Gasteiger charge is -2.33. The molecular formula is C13H20N4O3. The summed E-state index contributed by atoms with van der Waals surface area (Å²) in [7, 11) is 0. The Morgan fingerprint density at radius 2 is 2.05 bits per heavy atom. The lowest BCUT2D eigenvalue weighted by molar-refractivity contribution is -0.150. The average molecular weight is 280 g/mol. The number of hydrogen-bond acceptors (Lipinski definition) is 3. The Balaban J connectivity index is 1.80. The van der Waals surface area contributed by atoms with Gasteiger partial charge in [0.2, 0.25) is 0 Å². The summed E-state index contributed by atoms with van der Waals surface area (Å²) in [6.07, 6.45) is 7.41. The molecule has 110 valence electrons. The Hall–Kier alpha value is -2.05. The average Bonchev–Trinajstić information content (AvgIpc) is 2.97. The second-order valence-corrected chi connectivity index (χ2v) is 5.22. The van der Waals surface area contributed by atoms with Gasteiger partial charge in [0, 0.05) is 18.9 Å². The van der Waals surface area contributed by atoms with Gasteiger partial charge in [-0.2, -0.15) is 0 Å². The van der Waals surface area contributed by atoms with E-state index in [9.17, 15) is 14.7 Å². The number of carbonyl (C=O) groups excluding carboxylic acids is 1. The maximum absolute atomic E-state index is 11.7. The van der Waals surface area contributed by atoms with Crippen molar-refractivity contribution in [3.05, 3.63) is 18.2 Å². The van der Waals surface area contributed by atoms with Crippen LogP contribution in [0, 0.1) is 5.41 Å². The first-order chi connectivity index (χ1) is 9.62. The van der Waals surface area contributed by atoms with Crippen LogP contribution < -0.4 is 10.6 Å².